The number of carbonyl (C=O) groups excluding carboxylic acids is 2. The highest BCUT2D eigenvalue weighted by atomic mass is 16.2. The predicted molar refractivity (Wildman–Crippen MR) is 91.3 cm³/mol. The molecule has 0 bridgehead atoms. The molecule has 0 saturated carbocycles. The van der Waals surface area contributed by atoms with Gasteiger partial charge in [-0.25, -0.2) is 0 Å². The van der Waals surface area contributed by atoms with E-state index in [1.807, 2.05) is 26.0 Å². The van der Waals surface area contributed by atoms with Crippen LogP contribution in [0.3, 0.4) is 0 Å². The lowest BCUT2D eigenvalue weighted by molar-refractivity contribution is -0.123. The number of rotatable bonds is 6. The number of amides is 2. The molecule has 0 aliphatic rings. The van der Waals surface area contributed by atoms with Crippen LogP contribution in [0.25, 0.3) is 11.3 Å². The van der Waals surface area contributed by atoms with Gasteiger partial charge < -0.3 is 10.6 Å². The summed E-state index contributed by atoms with van der Waals surface area (Å²) in [6, 6.07) is 4.82. The van der Waals surface area contributed by atoms with Gasteiger partial charge in [0.15, 0.2) is 0 Å². The van der Waals surface area contributed by atoms with E-state index < -0.39 is 6.04 Å². The zero-order valence-electron chi connectivity index (χ0n) is 14.4. The molecule has 2 atom stereocenters. The Morgan fingerprint density at radius 2 is 2.04 bits per heavy atom. The van der Waals surface area contributed by atoms with Gasteiger partial charge in [-0.1, -0.05) is 6.92 Å². The van der Waals surface area contributed by atoms with Crippen LogP contribution in [0.5, 0.6) is 0 Å². The van der Waals surface area contributed by atoms with Gasteiger partial charge in [0.25, 0.3) is 5.91 Å². The standard InChI is InChI=1S/C17H23N5O2/c1-5-11(2)19-16(23)12(3)20-17(24)15-9-14(21-22(15)4)13-7-6-8-18-10-13/h6-12H,5H2,1-4H3,(H,19,23)(H,20,24). The summed E-state index contributed by atoms with van der Waals surface area (Å²) in [6.45, 7) is 5.57. The number of carbonyl (C=O) groups is 2. The fourth-order valence-electron chi connectivity index (χ4n) is 2.14. The van der Waals surface area contributed by atoms with Gasteiger partial charge in [0, 0.05) is 31.0 Å². The number of aromatic nitrogens is 3. The van der Waals surface area contributed by atoms with E-state index in [0.29, 0.717) is 11.4 Å². The predicted octanol–water partition coefficient (Wildman–Crippen LogP) is 1.52. The lowest BCUT2D eigenvalue weighted by atomic mass is 10.2. The van der Waals surface area contributed by atoms with E-state index in [-0.39, 0.29) is 17.9 Å². The van der Waals surface area contributed by atoms with Crippen molar-refractivity contribution in [3.05, 3.63) is 36.3 Å². The number of pyridine rings is 1. The maximum atomic E-state index is 12.4. The summed E-state index contributed by atoms with van der Waals surface area (Å²) >= 11 is 0. The van der Waals surface area contributed by atoms with Gasteiger partial charge in [0.05, 0.1) is 5.69 Å². The van der Waals surface area contributed by atoms with E-state index in [2.05, 4.69) is 20.7 Å². The second-order valence-electron chi connectivity index (χ2n) is 5.79. The summed E-state index contributed by atoms with van der Waals surface area (Å²) in [5.74, 6) is -0.542. The van der Waals surface area contributed by atoms with E-state index >= 15 is 0 Å². The van der Waals surface area contributed by atoms with Gasteiger partial charge in [-0.3, -0.25) is 19.3 Å². The zero-order chi connectivity index (χ0) is 17.7. The van der Waals surface area contributed by atoms with Crippen LogP contribution in [0, 0.1) is 0 Å². The second kappa shape index (κ2) is 7.72. The fourth-order valence-corrected chi connectivity index (χ4v) is 2.14. The SMILES string of the molecule is CCC(C)NC(=O)C(C)NC(=O)c1cc(-c2cccnc2)nn1C. The van der Waals surface area contributed by atoms with Crippen molar-refractivity contribution >= 4 is 11.8 Å². The van der Waals surface area contributed by atoms with Gasteiger partial charge in [-0.15, -0.1) is 0 Å². The molecule has 7 nitrogen and oxygen atoms in total. The molecule has 0 fully saturated rings. The van der Waals surface area contributed by atoms with Crippen LogP contribution < -0.4 is 10.6 Å². The third-order valence-corrected chi connectivity index (χ3v) is 3.81. The van der Waals surface area contributed by atoms with Crippen molar-refractivity contribution < 1.29 is 9.59 Å². The van der Waals surface area contributed by atoms with Gasteiger partial charge >= 0.3 is 0 Å². The zero-order valence-corrected chi connectivity index (χ0v) is 14.4. The Balaban J connectivity index is 2.08. The van der Waals surface area contributed by atoms with Crippen molar-refractivity contribution in [3.8, 4) is 11.3 Å². The van der Waals surface area contributed by atoms with Crippen molar-refractivity contribution in [2.24, 2.45) is 7.05 Å². The van der Waals surface area contributed by atoms with Crippen molar-refractivity contribution in [1.82, 2.24) is 25.4 Å². The molecule has 2 heterocycles. The first-order chi connectivity index (χ1) is 11.4. The molecule has 0 aromatic carbocycles. The minimum Gasteiger partial charge on any atom is -0.352 e. The van der Waals surface area contributed by atoms with E-state index in [1.54, 1.807) is 32.4 Å². The molecule has 0 aliphatic carbocycles. The Hall–Kier alpha value is -2.70. The summed E-state index contributed by atoms with van der Waals surface area (Å²) in [6.07, 6.45) is 4.20. The third-order valence-electron chi connectivity index (χ3n) is 3.81. The molecular formula is C17H23N5O2. The fraction of sp³-hybridized carbons (Fsp3) is 0.412. The first-order valence-electron chi connectivity index (χ1n) is 7.98. The molecule has 0 aliphatic heterocycles. The van der Waals surface area contributed by atoms with Crippen LogP contribution >= 0.6 is 0 Å². The van der Waals surface area contributed by atoms with Crippen LogP contribution in [-0.2, 0) is 11.8 Å². The first-order valence-corrected chi connectivity index (χ1v) is 7.98. The maximum Gasteiger partial charge on any atom is 0.270 e. The number of nitrogens with one attached hydrogen (secondary N) is 2. The van der Waals surface area contributed by atoms with Gasteiger partial charge in [0.1, 0.15) is 11.7 Å². The molecule has 0 spiro atoms. The van der Waals surface area contributed by atoms with Gasteiger partial charge in [0.2, 0.25) is 5.91 Å². The highest BCUT2D eigenvalue weighted by Gasteiger charge is 2.20. The summed E-state index contributed by atoms with van der Waals surface area (Å²) in [7, 11) is 1.69. The molecule has 24 heavy (non-hydrogen) atoms. The lowest BCUT2D eigenvalue weighted by Gasteiger charge is -2.17. The van der Waals surface area contributed by atoms with E-state index in [4.69, 9.17) is 0 Å². The van der Waals surface area contributed by atoms with Gasteiger partial charge in [-0.2, -0.15) is 5.10 Å². The van der Waals surface area contributed by atoms with Gasteiger partial charge in [-0.05, 0) is 38.5 Å². The molecule has 7 heteroatoms. The summed E-state index contributed by atoms with van der Waals surface area (Å²) in [4.78, 5) is 28.5. The van der Waals surface area contributed by atoms with Crippen LogP contribution in [0.2, 0.25) is 0 Å². The molecule has 0 saturated heterocycles. The average molecular weight is 329 g/mol. The molecule has 2 N–H and O–H groups in total. The molecule has 2 unspecified atom stereocenters. The van der Waals surface area contributed by atoms with Crippen molar-refractivity contribution in [2.75, 3.05) is 0 Å². The second-order valence-corrected chi connectivity index (χ2v) is 5.79. The minimum atomic E-state index is -0.622. The molecule has 2 rings (SSSR count). The Bertz CT molecular complexity index is 711. The minimum absolute atomic E-state index is 0.0748. The summed E-state index contributed by atoms with van der Waals surface area (Å²) < 4.78 is 1.50. The Morgan fingerprint density at radius 3 is 2.67 bits per heavy atom. The topological polar surface area (TPSA) is 88.9 Å². The largest absolute Gasteiger partial charge is 0.352 e. The quantitative estimate of drug-likeness (QED) is 0.841. The molecule has 2 aromatic rings. The molecule has 0 radical (unpaired) electrons. The highest BCUT2D eigenvalue weighted by Crippen LogP contribution is 2.17. The average Bonchev–Trinajstić information content (AvgIpc) is 2.97. The van der Waals surface area contributed by atoms with E-state index in [0.717, 1.165) is 12.0 Å². The number of hydrogen-bond acceptors (Lipinski definition) is 4. The Kier molecular flexibility index (Phi) is 5.68. The van der Waals surface area contributed by atoms with Crippen molar-refractivity contribution in [2.45, 2.75) is 39.3 Å². The molecule has 2 aromatic heterocycles. The summed E-state index contributed by atoms with van der Waals surface area (Å²) in [5, 5.41) is 9.88. The smallest absolute Gasteiger partial charge is 0.270 e. The van der Waals surface area contributed by atoms with Crippen LogP contribution in [0.15, 0.2) is 30.6 Å². The Labute approximate surface area is 141 Å². The highest BCUT2D eigenvalue weighted by molar-refractivity contribution is 5.97. The van der Waals surface area contributed by atoms with Crippen molar-refractivity contribution in [3.63, 3.8) is 0 Å². The number of hydrogen-bond donors (Lipinski definition) is 2. The molecular weight excluding hydrogens is 306 g/mol. The number of nitrogens with zero attached hydrogens (tertiary/aromatic N) is 3. The number of aryl methyl sites for hydroxylation is 1. The lowest BCUT2D eigenvalue weighted by Crippen LogP contribution is -2.47. The normalized spacial score (nSPS) is 13.2. The monoisotopic (exact) mass is 329 g/mol. The van der Waals surface area contributed by atoms with Crippen LogP contribution in [0.1, 0.15) is 37.7 Å². The Morgan fingerprint density at radius 1 is 1.29 bits per heavy atom. The maximum absolute atomic E-state index is 12.4. The molecule has 2 amide bonds. The van der Waals surface area contributed by atoms with Crippen LogP contribution in [0.4, 0.5) is 0 Å². The van der Waals surface area contributed by atoms with E-state index in [9.17, 15) is 9.59 Å². The first kappa shape index (κ1) is 17.7. The molecule has 128 valence electrons. The van der Waals surface area contributed by atoms with Crippen molar-refractivity contribution in [1.29, 1.82) is 0 Å². The van der Waals surface area contributed by atoms with Crippen LogP contribution in [-0.4, -0.2) is 38.7 Å². The summed E-state index contributed by atoms with van der Waals surface area (Å²) in [5.41, 5.74) is 1.87. The van der Waals surface area contributed by atoms with E-state index in [1.165, 1.54) is 4.68 Å². The third kappa shape index (κ3) is 4.18.